The van der Waals surface area contributed by atoms with Crippen LogP contribution in [-0.2, 0) is 0 Å². The Morgan fingerprint density at radius 3 is 2.12 bits per heavy atom. The van der Waals surface area contributed by atoms with Crippen molar-refractivity contribution in [3.05, 3.63) is 59.2 Å². The lowest BCUT2D eigenvalue weighted by Crippen LogP contribution is -1.94. The van der Waals surface area contributed by atoms with Gasteiger partial charge in [0.1, 0.15) is 0 Å². The molecule has 0 spiro atoms. The summed E-state index contributed by atoms with van der Waals surface area (Å²) in [6.07, 6.45) is 0. The molecule has 0 atom stereocenters. The largest absolute Gasteiger partial charge is 0.0619 e. The van der Waals surface area contributed by atoms with Gasteiger partial charge in [-0.25, -0.2) is 0 Å². The fraction of sp³-hybridized carbons (Fsp3) is 0.294. The molecule has 0 heterocycles. The number of hydrogen-bond donors (Lipinski definition) is 0. The van der Waals surface area contributed by atoms with Crippen LogP contribution in [0.25, 0.3) is 11.1 Å². The molecule has 88 valence electrons. The second kappa shape index (κ2) is 4.75. The van der Waals surface area contributed by atoms with Crippen molar-refractivity contribution >= 4 is 0 Å². The van der Waals surface area contributed by atoms with Gasteiger partial charge in [-0.1, -0.05) is 56.3 Å². The van der Waals surface area contributed by atoms with E-state index in [1.54, 1.807) is 0 Å². The molecule has 0 amide bonds. The van der Waals surface area contributed by atoms with Crippen LogP contribution < -0.4 is 0 Å². The van der Waals surface area contributed by atoms with E-state index in [0.29, 0.717) is 5.92 Å². The van der Waals surface area contributed by atoms with E-state index in [1.807, 2.05) is 0 Å². The van der Waals surface area contributed by atoms with Crippen LogP contribution in [0.4, 0.5) is 0 Å². The van der Waals surface area contributed by atoms with Crippen molar-refractivity contribution in [2.45, 2.75) is 33.6 Å². The van der Waals surface area contributed by atoms with Gasteiger partial charge in [0.2, 0.25) is 0 Å². The normalized spacial score (nSPS) is 10.9. The quantitative estimate of drug-likeness (QED) is 0.666. The van der Waals surface area contributed by atoms with Gasteiger partial charge in [-0.15, -0.1) is 0 Å². The molecule has 0 aliphatic carbocycles. The average molecular weight is 224 g/mol. The number of benzene rings is 2. The van der Waals surface area contributed by atoms with Gasteiger partial charge in [0.25, 0.3) is 0 Å². The van der Waals surface area contributed by atoms with Crippen molar-refractivity contribution in [2.24, 2.45) is 0 Å². The highest BCUT2D eigenvalue weighted by Gasteiger charge is 2.10. The molecule has 0 aliphatic rings. The first-order valence-corrected chi connectivity index (χ1v) is 6.26. The summed E-state index contributed by atoms with van der Waals surface area (Å²) in [4.78, 5) is 0. The Hall–Kier alpha value is -1.56. The van der Waals surface area contributed by atoms with Crippen LogP contribution in [0.2, 0.25) is 0 Å². The lowest BCUT2D eigenvalue weighted by atomic mass is 9.89. The SMILES string of the molecule is Cc1cccc(-c2ccccc2C(C)C)c1C. The maximum Gasteiger partial charge on any atom is -0.0147 e. The van der Waals surface area contributed by atoms with Crippen LogP contribution in [0.3, 0.4) is 0 Å². The lowest BCUT2D eigenvalue weighted by molar-refractivity contribution is 0.869. The van der Waals surface area contributed by atoms with Crippen LogP contribution in [-0.4, -0.2) is 0 Å². The zero-order valence-electron chi connectivity index (χ0n) is 11.1. The zero-order chi connectivity index (χ0) is 12.4. The first kappa shape index (κ1) is 11.9. The van der Waals surface area contributed by atoms with E-state index in [-0.39, 0.29) is 0 Å². The smallest absolute Gasteiger partial charge is 0.0147 e. The molecule has 0 N–H and O–H groups in total. The minimum Gasteiger partial charge on any atom is -0.0619 e. The molecule has 0 heteroatoms. The van der Waals surface area contributed by atoms with Gasteiger partial charge in [0.15, 0.2) is 0 Å². The molecule has 0 bridgehead atoms. The fourth-order valence-electron chi connectivity index (χ4n) is 2.29. The molecule has 2 aromatic carbocycles. The van der Waals surface area contributed by atoms with E-state index in [4.69, 9.17) is 0 Å². The van der Waals surface area contributed by atoms with Gasteiger partial charge >= 0.3 is 0 Å². The Morgan fingerprint density at radius 1 is 0.765 bits per heavy atom. The van der Waals surface area contributed by atoms with Gasteiger partial charge < -0.3 is 0 Å². The summed E-state index contributed by atoms with van der Waals surface area (Å²) in [6, 6.07) is 15.3. The number of hydrogen-bond acceptors (Lipinski definition) is 0. The van der Waals surface area contributed by atoms with E-state index in [9.17, 15) is 0 Å². The second-order valence-corrected chi connectivity index (χ2v) is 4.99. The molecule has 0 unspecified atom stereocenters. The summed E-state index contributed by atoms with van der Waals surface area (Å²) in [6.45, 7) is 8.90. The third-order valence-electron chi connectivity index (χ3n) is 3.48. The summed E-state index contributed by atoms with van der Waals surface area (Å²) < 4.78 is 0. The van der Waals surface area contributed by atoms with Crippen molar-refractivity contribution in [3.63, 3.8) is 0 Å². The highest BCUT2D eigenvalue weighted by Crippen LogP contribution is 2.32. The first-order valence-electron chi connectivity index (χ1n) is 6.26. The highest BCUT2D eigenvalue weighted by atomic mass is 14.1. The third kappa shape index (κ3) is 2.26. The number of aryl methyl sites for hydroxylation is 1. The average Bonchev–Trinajstić information content (AvgIpc) is 2.33. The van der Waals surface area contributed by atoms with E-state index >= 15 is 0 Å². The molecule has 0 saturated heterocycles. The summed E-state index contributed by atoms with van der Waals surface area (Å²) in [5, 5.41) is 0. The van der Waals surface area contributed by atoms with E-state index in [2.05, 4.69) is 70.2 Å². The van der Waals surface area contributed by atoms with Crippen molar-refractivity contribution in [3.8, 4) is 11.1 Å². The topological polar surface area (TPSA) is 0 Å². The van der Waals surface area contributed by atoms with Crippen LogP contribution in [0.15, 0.2) is 42.5 Å². The van der Waals surface area contributed by atoms with Gasteiger partial charge in [-0.2, -0.15) is 0 Å². The minimum absolute atomic E-state index is 0.561. The van der Waals surface area contributed by atoms with Crippen LogP contribution in [0.5, 0.6) is 0 Å². The van der Waals surface area contributed by atoms with E-state index in [1.165, 1.54) is 27.8 Å². The highest BCUT2D eigenvalue weighted by molar-refractivity contribution is 5.72. The lowest BCUT2D eigenvalue weighted by Gasteiger charge is -2.15. The van der Waals surface area contributed by atoms with Crippen molar-refractivity contribution in [1.29, 1.82) is 0 Å². The fourth-order valence-corrected chi connectivity index (χ4v) is 2.29. The molecule has 2 aromatic rings. The van der Waals surface area contributed by atoms with Gasteiger partial charge in [0, 0.05) is 0 Å². The maximum atomic E-state index is 2.25. The zero-order valence-corrected chi connectivity index (χ0v) is 11.1. The third-order valence-corrected chi connectivity index (χ3v) is 3.48. The molecule has 17 heavy (non-hydrogen) atoms. The summed E-state index contributed by atoms with van der Waals surface area (Å²) in [5.74, 6) is 0.561. The monoisotopic (exact) mass is 224 g/mol. The van der Waals surface area contributed by atoms with Crippen LogP contribution in [0, 0.1) is 13.8 Å². The molecular weight excluding hydrogens is 204 g/mol. The standard InChI is InChI=1S/C17H20/c1-12(2)15-9-5-6-10-17(15)16-11-7-8-13(3)14(16)4/h5-12H,1-4H3. The van der Waals surface area contributed by atoms with E-state index < -0.39 is 0 Å². The van der Waals surface area contributed by atoms with Crippen molar-refractivity contribution < 1.29 is 0 Å². The first-order chi connectivity index (χ1) is 8.11. The Bertz CT molecular complexity index is 521. The summed E-state index contributed by atoms with van der Waals surface area (Å²) in [7, 11) is 0. The van der Waals surface area contributed by atoms with Gasteiger partial charge in [-0.05, 0) is 47.6 Å². The molecule has 2 rings (SSSR count). The molecule has 0 aliphatic heterocycles. The second-order valence-electron chi connectivity index (χ2n) is 4.99. The maximum absolute atomic E-state index is 2.25. The Morgan fingerprint density at radius 2 is 1.41 bits per heavy atom. The molecule has 0 fully saturated rings. The Kier molecular flexibility index (Phi) is 3.33. The summed E-state index contributed by atoms with van der Waals surface area (Å²) >= 11 is 0. The molecule has 0 saturated carbocycles. The predicted octanol–water partition coefficient (Wildman–Crippen LogP) is 5.09. The van der Waals surface area contributed by atoms with Crippen LogP contribution >= 0.6 is 0 Å². The molecule has 0 aromatic heterocycles. The predicted molar refractivity (Wildman–Crippen MR) is 75.4 cm³/mol. The van der Waals surface area contributed by atoms with Crippen molar-refractivity contribution in [2.75, 3.05) is 0 Å². The molecular formula is C17H20. The molecule has 0 radical (unpaired) electrons. The summed E-state index contributed by atoms with van der Waals surface area (Å²) in [5.41, 5.74) is 6.93. The Labute approximate surface area is 104 Å². The van der Waals surface area contributed by atoms with E-state index in [0.717, 1.165) is 0 Å². The van der Waals surface area contributed by atoms with Crippen molar-refractivity contribution in [1.82, 2.24) is 0 Å². The van der Waals surface area contributed by atoms with Crippen LogP contribution in [0.1, 0.15) is 36.5 Å². The van der Waals surface area contributed by atoms with Gasteiger partial charge in [-0.3, -0.25) is 0 Å². The minimum atomic E-state index is 0.561. The van der Waals surface area contributed by atoms with Gasteiger partial charge in [0.05, 0.1) is 0 Å². The Balaban J connectivity index is 2.64. The molecule has 0 nitrogen and oxygen atoms in total. The number of rotatable bonds is 2.